The molecule has 0 spiro atoms. The average Bonchev–Trinajstić information content (AvgIpc) is 2.96. The molecule has 0 bridgehead atoms. The fraction of sp³-hybridized carbons (Fsp3) is 0.310. The van der Waals surface area contributed by atoms with Crippen molar-refractivity contribution in [3.63, 3.8) is 0 Å². The number of amides is 2. The third-order valence-electron chi connectivity index (χ3n) is 6.66. The first-order chi connectivity index (χ1) is 18.4. The number of benzene rings is 3. The molecule has 1 aliphatic heterocycles. The van der Waals surface area contributed by atoms with Gasteiger partial charge in [0, 0.05) is 30.3 Å². The molecular formula is C29H32N2O7. The quantitative estimate of drug-likeness (QED) is 0.431. The molecule has 2 amide bonds. The molecule has 0 aliphatic carbocycles. The summed E-state index contributed by atoms with van der Waals surface area (Å²) in [6.07, 6.45) is 0.575. The molecule has 3 aromatic rings. The van der Waals surface area contributed by atoms with E-state index in [2.05, 4.69) is 5.32 Å². The molecule has 0 saturated carbocycles. The Kier molecular flexibility index (Phi) is 8.25. The second kappa shape index (κ2) is 11.8. The van der Waals surface area contributed by atoms with E-state index in [1.807, 2.05) is 30.3 Å². The van der Waals surface area contributed by atoms with Crippen LogP contribution in [0.1, 0.15) is 24.4 Å². The van der Waals surface area contributed by atoms with E-state index < -0.39 is 12.0 Å². The highest BCUT2D eigenvalue weighted by atomic mass is 16.5. The second-order valence-corrected chi connectivity index (χ2v) is 8.73. The van der Waals surface area contributed by atoms with E-state index in [0.717, 1.165) is 5.56 Å². The first-order valence-electron chi connectivity index (χ1n) is 12.1. The largest absolute Gasteiger partial charge is 0.497 e. The van der Waals surface area contributed by atoms with E-state index in [1.54, 1.807) is 49.5 Å². The molecule has 1 saturated heterocycles. The number of carbonyl (C=O) groups excluding carboxylic acids is 2. The van der Waals surface area contributed by atoms with E-state index >= 15 is 0 Å². The topological polar surface area (TPSA) is 95.6 Å². The van der Waals surface area contributed by atoms with Gasteiger partial charge in [0.15, 0.2) is 11.5 Å². The third-order valence-corrected chi connectivity index (χ3v) is 6.66. The zero-order valence-corrected chi connectivity index (χ0v) is 22.1. The predicted molar refractivity (Wildman–Crippen MR) is 144 cm³/mol. The molecule has 200 valence electrons. The Hall–Kier alpha value is -4.40. The molecule has 9 nitrogen and oxygen atoms in total. The molecule has 0 aromatic heterocycles. The Labute approximate surface area is 222 Å². The molecule has 0 unspecified atom stereocenters. The van der Waals surface area contributed by atoms with Gasteiger partial charge in [-0.15, -0.1) is 0 Å². The predicted octanol–water partition coefficient (Wildman–Crippen LogP) is 4.85. The number of nitrogens with zero attached hydrogens (tertiary/aromatic N) is 1. The van der Waals surface area contributed by atoms with Crippen LogP contribution in [0.2, 0.25) is 0 Å². The van der Waals surface area contributed by atoms with Crippen LogP contribution in [-0.4, -0.2) is 47.4 Å². The van der Waals surface area contributed by atoms with E-state index in [1.165, 1.54) is 21.3 Å². The molecular weight excluding hydrogens is 488 g/mol. The van der Waals surface area contributed by atoms with Crippen LogP contribution >= 0.6 is 0 Å². The van der Waals surface area contributed by atoms with E-state index in [4.69, 9.17) is 23.7 Å². The molecule has 0 radical (unpaired) electrons. The van der Waals surface area contributed by atoms with Crippen LogP contribution < -0.4 is 33.9 Å². The lowest BCUT2D eigenvalue weighted by atomic mass is 9.83. The maximum absolute atomic E-state index is 13.7. The minimum atomic E-state index is -0.601. The first kappa shape index (κ1) is 26.7. The van der Waals surface area contributed by atoms with Gasteiger partial charge in [-0.3, -0.25) is 9.59 Å². The Morgan fingerprint density at radius 1 is 0.816 bits per heavy atom. The van der Waals surface area contributed by atoms with Crippen molar-refractivity contribution in [1.82, 2.24) is 0 Å². The maximum Gasteiger partial charge on any atom is 0.229 e. The fourth-order valence-electron chi connectivity index (χ4n) is 4.80. The third kappa shape index (κ3) is 5.32. The summed E-state index contributed by atoms with van der Waals surface area (Å²) >= 11 is 0. The highest BCUT2D eigenvalue weighted by Gasteiger charge is 2.42. The number of ether oxygens (including phenoxy) is 5. The molecule has 1 aliphatic rings. The summed E-state index contributed by atoms with van der Waals surface area (Å²) in [4.78, 5) is 28.9. The van der Waals surface area contributed by atoms with Gasteiger partial charge in [-0.25, -0.2) is 0 Å². The van der Waals surface area contributed by atoms with Gasteiger partial charge in [0.1, 0.15) is 11.5 Å². The number of piperidine rings is 1. The number of hydrogen-bond donors (Lipinski definition) is 1. The van der Waals surface area contributed by atoms with Crippen LogP contribution in [0.25, 0.3) is 0 Å². The molecule has 1 fully saturated rings. The minimum Gasteiger partial charge on any atom is -0.497 e. The number of carbonyl (C=O) groups is 2. The number of hydrogen-bond acceptors (Lipinski definition) is 7. The summed E-state index contributed by atoms with van der Waals surface area (Å²) in [6.45, 7) is 0. The minimum absolute atomic E-state index is 0.120. The van der Waals surface area contributed by atoms with Crippen LogP contribution in [0.15, 0.2) is 60.7 Å². The average molecular weight is 521 g/mol. The Morgan fingerprint density at radius 3 is 2.05 bits per heavy atom. The lowest BCUT2D eigenvalue weighted by Crippen LogP contribution is -2.47. The highest BCUT2D eigenvalue weighted by Crippen LogP contribution is 2.46. The van der Waals surface area contributed by atoms with Crippen molar-refractivity contribution in [2.75, 3.05) is 45.8 Å². The fourth-order valence-corrected chi connectivity index (χ4v) is 4.80. The van der Waals surface area contributed by atoms with Crippen molar-refractivity contribution < 1.29 is 33.3 Å². The Bertz CT molecular complexity index is 1270. The van der Waals surface area contributed by atoms with Gasteiger partial charge in [0.2, 0.25) is 17.6 Å². The monoisotopic (exact) mass is 520 g/mol. The summed E-state index contributed by atoms with van der Waals surface area (Å²) in [5.74, 6) is 1.66. The number of anilines is 2. The summed E-state index contributed by atoms with van der Waals surface area (Å²) in [5, 5.41) is 3.01. The van der Waals surface area contributed by atoms with Gasteiger partial charge in [-0.2, -0.15) is 0 Å². The summed E-state index contributed by atoms with van der Waals surface area (Å²) in [7, 11) is 7.72. The lowest BCUT2D eigenvalue weighted by molar-refractivity contribution is -0.125. The van der Waals surface area contributed by atoms with Crippen molar-refractivity contribution in [1.29, 1.82) is 0 Å². The summed E-state index contributed by atoms with van der Waals surface area (Å²) in [5.41, 5.74) is 1.93. The van der Waals surface area contributed by atoms with Gasteiger partial charge in [0.25, 0.3) is 0 Å². The van der Waals surface area contributed by atoms with E-state index in [-0.39, 0.29) is 18.2 Å². The number of rotatable bonds is 9. The van der Waals surface area contributed by atoms with Crippen molar-refractivity contribution in [3.05, 3.63) is 66.2 Å². The molecule has 9 heteroatoms. The van der Waals surface area contributed by atoms with Gasteiger partial charge in [-0.05, 0) is 36.2 Å². The normalized spacial score (nSPS) is 17.0. The summed E-state index contributed by atoms with van der Waals surface area (Å²) in [6, 6.07) is 17.4. The standard InChI is InChI=1S/C29H32N2O7/c1-34-21-11-9-18(10-12-21)27-23(29(33)30-19-7-6-8-22(15-19)35-2)13-14-26(32)31(27)20-16-24(36-3)28(38-5)25(17-20)37-4/h6-12,15-17,23,27H,13-14H2,1-5H3,(H,30,33)/t23-,27-/m1/s1. The van der Waals surface area contributed by atoms with E-state index in [9.17, 15) is 9.59 Å². The molecule has 4 rings (SSSR count). The maximum atomic E-state index is 13.7. The number of methoxy groups -OCH3 is 5. The van der Waals surface area contributed by atoms with Gasteiger partial charge in [-0.1, -0.05) is 18.2 Å². The van der Waals surface area contributed by atoms with Crippen LogP contribution in [-0.2, 0) is 9.59 Å². The first-order valence-corrected chi connectivity index (χ1v) is 12.1. The molecule has 3 aromatic carbocycles. The molecule has 1 N–H and O–H groups in total. The van der Waals surface area contributed by atoms with Gasteiger partial charge >= 0.3 is 0 Å². The van der Waals surface area contributed by atoms with Crippen LogP contribution in [0.5, 0.6) is 28.7 Å². The van der Waals surface area contributed by atoms with Crippen molar-refractivity contribution >= 4 is 23.2 Å². The summed E-state index contributed by atoms with van der Waals surface area (Å²) < 4.78 is 27.2. The van der Waals surface area contributed by atoms with Crippen molar-refractivity contribution in [2.45, 2.75) is 18.9 Å². The Balaban J connectivity index is 1.80. The van der Waals surface area contributed by atoms with E-state index in [0.29, 0.717) is 46.5 Å². The van der Waals surface area contributed by atoms with Gasteiger partial charge in [0.05, 0.1) is 53.2 Å². The zero-order valence-electron chi connectivity index (χ0n) is 22.1. The smallest absolute Gasteiger partial charge is 0.229 e. The van der Waals surface area contributed by atoms with Crippen molar-refractivity contribution in [3.8, 4) is 28.7 Å². The highest BCUT2D eigenvalue weighted by molar-refractivity contribution is 6.00. The SMILES string of the molecule is COc1ccc([C@@H]2[C@H](C(=O)Nc3cccc(OC)c3)CCC(=O)N2c2cc(OC)c(OC)c(OC)c2)cc1. The number of nitrogens with one attached hydrogen (secondary N) is 1. The molecule has 38 heavy (non-hydrogen) atoms. The second-order valence-electron chi connectivity index (χ2n) is 8.73. The molecule has 1 heterocycles. The van der Waals surface area contributed by atoms with Crippen LogP contribution in [0.3, 0.4) is 0 Å². The molecule has 2 atom stereocenters. The Morgan fingerprint density at radius 2 is 1.47 bits per heavy atom. The van der Waals surface area contributed by atoms with Crippen LogP contribution in [0.4, 0.5) is 11.4 Å². The lowest BCUT2D eigenvalue weighted by Gasteiger charge is -2.41. The van der Waals surface area contributed by atoms with Crippen molar-refractivity contribution in [2.24, 2.45) is 5.92 Å². The van der Waals surface area contributed by atoms with Gasteiger partial charge < -0.3 is 33.9 Å². The van der Waals surface area contributed by atoms with Crippen LogP contribution in [0, 0.1) is 5.92 Å². The zero-order chi connectivity index (χ0) is 27.2.